The van der Waals surface area contributed by atoms with Gasteiger partial charge in [0.1, 0.15) is 16.5 Å². The van der Waals surface area contributed by atoms with Gasteiger partial charge in [0.25, 0.3) is 5.91 Å². The van der Waals surface area contributed by atoms with E-state index in [2.05, 4.69) is 15.4 Å². The Kier molecular flexibility index (Phi) is 3.72. The zero-order chi connectivity index (χ0) is 15.7. The molecule has 112 valence electrons. The summed E-state index contributed by atoms with van der Waals surface area (Å²) in [6.45, 7) is 1.82. The van der Waals surface area contributed by atoms with Gasteiger partial charge in [-0.3, -0.25) is 9.48 Å². The third kappa shape index (κ3) is 2.89. The highest BCUT2D eigenvalue weighted by molar-refractivity contribution is 7.13. The maximum absolute atomic E-state index is 14.0. The number of nitrogens with zero attached hydrogens (tertiary/aromatic N) is 3. The van der Waals surface area contributed by atoms with Crippen LogP contribution in [0, 0.1) is 12.7 Å². The van der Waals surface area contributed by atoms with Crippen molar-refractivity contribution in [1.82, 2.24) is 14.8 Å². The first-order chi connectivity index (χ1) is 10.5. The number of nitrogens with one attached hydrogen (secondary N) is 1. The minimum absolute atomic E-state index is 0.254. The van der Waals surface area contributed by atoms with Crippen molar-refractivity contribution in [2.24, 2.45) is 7.05 Å². The molecule has 0 bridgehead atoms. The molecule has 0 aliphatic heterocycles. The molecule has 0 fully saturated rings. The summed E-state index contributed by atoms with van der Waals surface area (Å²) in [5, 5.41) is 8.76. The van der Waals surface area contributed by atoms with Crippen LogP contribution in [-0.2, 0) is 7.05 Å². The van der Waals surface area contributed by atoms with Gasteiger partial charge in [0.05, 0.1) is 11.9 Å². The third-order valence-corrected chi connectivity index (χ3v) is 3.93. The molecule has 3 rings (SSSR count). The van der Waals surface area contributed by atoms with Crippen LogP contribution in [0.4, 0.5) is 10.1 Å². The van der Waals surface area contributed by atoms with Crippen LogP contribution in [0.1, 0.15) is 16.1 Å². The summed E-state index contributed by atoms with van der Waals surface area (Å²) in [4.78, 5) is 16.3. The molecular formula is C15H13FN4OS. The van der Waals surface area contributed by atoms with Crippen molar-refractivity contribution in [1.29, 1.82) is 0 Å². The van der Waals surface area contributed by atoms with E-state index in [1.165, 1.54) is 17.4 Å². The fraction of sp³-hybridized carbons (Fsp3) is 0.133. The molecule has 1 N–H and O–H groups in total. The molecule has 5 nitrogen and oxygen atoms in total. The number of rotatable bonds is 3. The summed E-state index contributed by atoms with van der Waals surface area (Å²) in [5.74, 6) is -0.684. The zero-order valence-electron chi connectivity index (χ0n) is 12.0. The van der Waals surface area contributed by atoms with E-state index in [4.69, 9.17) is 0 Å². The number of thiazole rings is 1. The minimum atomic E-state index is -0.344. The Morgan fingerprint density at radius 1 is 1.41 bits per heavy atom. The van der Waals surface area contributed by atoms with Gasteiger partial charge < -0.3 is 5.32 Å². The summed E-state index contributed by atoms with van der Waals surface area (Å²) in [5.41, 5.74) is 2.08. The van der Waals surface area contributed by atoms with Crippen molar-refractivity contribution >= 4 is 22.9 Å². The molecule has 0 unspecified atom stereocenters. The minimum Gasteiger partial charge on any atom is -0.318 e. The van der Waals surface area contributed by atoms with E-state index >= 15 is 0 Å². The molecule has 0 aliphatic rings. The smallest absolute Gasteiger partial charge is 0.275 e. The number of aryl methyl sites for hydroxylation is 2. The predicted octanol–water partition coefficient (Wildman–Crippen LogP) is 3.24. The topological polar surface area (TPSA) is 59.8 Å². The van der Waals surface area contributed by atoms with Crippen LogP contribution < -0.4 is 5.32 Å². The third-order valence-electron chi connectivity index (χ3n) is 3.05. The molecule has 0 aliphatic carbocycles. The molecule has 0 atom stereocenters. The van der Waals surface area contributed by atoms with Gasteiger partial charge in [-0.1, -0.05) is 6.07 Å². The Balaban J connectivity index is 1.82. The lowest BCUT2D eigenvalue weighted by molar-refractivity contribution is 0.102. The van der Waals surface area contributed by atoms with Crippen LogP contribution >= 0.6 is 11.3 Å². The molecule has 0 spiro atoms. The van der Waals surface area contributed by atoms with Gasteiger partial charge in [-0.2, -0.15) is 5.10 Å². The summed E-state index contributed by atoms with van der Waals surface area (Å²) >= 11 is 1.23. The first-order valence-corrected chi connectivity index (χ1v) is 7.43. The fourth-order valence-corrected chi connectivity index (χ4v) is 2.80. The van der Waals surface area contributed by atoms with E-state index in [0.717, 1.165) is 5.56 Å². The van der Waals surface area contributed by atoms with Gasteiger partial charge in [-0.05, 0) is 24.6 Å². The van der Waals surface area contributed by atoms with Crippen LogP contribution in [0.5, 0.6) is 0 Å². The number of amides is 1. The van der Waals surface area contributed by atoms with Crippen LogP contribution in [0.3, 0.4) is 0 Å². The Morgan fingerprint density at radius 2 is 2.23 bits per heavy atom. The number of hydrogen-bond acceptors (Lipinski definition) is 4. The number of carbonyl (C=O) groups excluding carboxylic acids is 1. The average Bonchev–Trinajstić information content (AvgIpc) is 3.08. The van der Waals surface area contributed by atoms with E-state index in [0.29, 0.717) is 16.3 Å². The molecule has 22 heavy (non-hydrogen) atoms. The highest BCUT2D eigenvalue weighted by atomic mass is 32.1. The van der Waals surface area contributed by atoms with E-state index in [9.17, 15) is 9.18 Å². The molecule has 1 aromatic carbocycles. The first-order valence-electron chi connectivity index (χ1n) is 6.55. The van der Waals surface area contributed by atoms with Crippen molar-refractivity contribution in [2.75, 3.05) is 5.32 Å². The number of hydrogen-bond donors (Lipinski definition) is 1. The molecule has 3 aromatic rings. The van der Waals surface area contributed by atoms with Crippen molar-refractivity contribution < 1.29 is 9.18 Å². The monoisotopic (exact) mass is 316 g/mol. The average molecular weight is 316 g/mol. The molecule has 0 radical (unpaired) electrons. The lowest BCUT2D eigenvalue weighted by Crippen LogP contribution is -2.11. The number of carbonyl (C=O) groups is 1. The van der Waals surface area contributed by atoms with Crippen LogP contribution in [0.25, 0.3) is 10.6 Å². The van der Waals surface area contributed by atoms with Gasteiger partial charge in [0.2, 0.25) is 0 Å². The molecule has 0 saturated carbocycles. The Bertz CT molecular complexity index is 840. The summed E-state index contributed by atoms with van der Waals surface area (Å²) < 4.78 is 15.5. The highest BCUT2D eigenvalue weighted by Crippen LogP contribution is 2.27. The number of benzene rings is 1. The summed E-state index contributed by atoms with van der Waals surface area (Å²) in [7, 11) is 1.76. The largest absolute Gasteiger partial charge is 0.318 e. The maximum atomic E-state index is 14.0. The second kappa shape index (κ2) is 5.69. The van der Waals surface area contributed by atoms with Crippen molar-refractivity contribution in [3.8, 4) is 10.6 Å². The van der Waals surface area contributed by atoms with Crippen molar-refractivity contribution in [3.05, 3.63) is 53.0 Å². The lowest BCUT2D eigenvalue weighted by atomic mass is 10.1. The Morgan fingerprint density at radius 3 is 2.91 bits per heavy atom. The summed E-state index contributed by atoms with van der Waals surface area (Å²) in [6.07, 6.45) is 3.23. The zero-order valence-corrected chi connectivity index (χ0v) is 12.8. The number of aromatic nitrogens is 3. The number of anilines is 1. The molecule has 1 amide bonds. The second-order valence-electron chi connectivity index (χ2n) is 4.88. The van der Waals surface area contributed by atoms with Gasteiger partial charge >= 0.3 is 0 Å². The van der Waals surface area contributed by atoms with E-state index < -0.39 is 0 Å². The standard InChI is InChI=1S/C15H13FN4OS/c1-9-3-4-11(12(16)5-9)15-19-13(8-22-15)14(21)18-10-6-17-20(2)7-10/h3-8H,1-2H3,(H,18,21). The predicted molar refractivity (Wildman–Crippen MR) is 83.4 cm³/mol. The van der Waals surface area contributed by atoms with Gasteiger partial charge in [0.15, 0.2) is 0 Å². The summed E-state index contributed by atoms with van der Waals surface area (Å²) in [6, 6.07) is 4.94. The quantitative estimate of drug-likeness (QED) is 0.807. The SMILES string of the molecule is Cc1ccc(-c2nc(C(=O)Nc3cnn(C)c3)cs2)c(F)c1. The van der Waals surface area contributed by atoms with Gasteiger partial charge in [0, 0.05) is 24.2 Å². The van der Waals surface area contributed by atoms with Crippen LogP contribution in [0.15, 0.2) is 36.0 Å². The van der Waals surface area contributed by atoms with Crippen LogP contribution in [0.2, 0.25) is 0 Å². The normalized spacial score (nSPS) is 10.7. The maximum Gasteiger partial charge on any atom is 0.275 e. The number of halogens is 1. The fourth-order valence-electron chi connectivity index (χ4n) is 1.98. The molecule has 7 heteroatoms. The molecule has 2 aromatic heterocycles. The molecule has 0 saturated heterocycles. The molecular weight excluding hydrogens is 303 g/mol. The van der Waals surface area contributed by atoms with Crippen molar-refractivity contribution in [2.45, 2.75) is 6.92 Å². The van der Waals surface area contributed by atoms with Gasteiger partial charge in [-0.15, -0.1) is 11.3 Å². The Labute approximate surface area is 130 Å². The van der Waals surface area contributed by atoms with Gasteiger partial charge in [-0.25, -0.2) is 9.37 Å². The Hall–Kier alpha value is -2.54. The van der Waals surface area contributed by atoms with E-state index in [1.807, 2.05) is 13.0 Å². The van der Waals surface area contributed by atoms with E-state index in [1.54, 1.807) is 35.6 Å². The second-order valence-corrected chi connectivity index (χ2v) is 5.74. The van der Waals surface area contributed by atoms with Crippen molar-refractivity contribution in [3.63, 3.8) is 0 Å². The first kappa shape index (κ1) is 14.4. The van der Waals surface area contributed by atoms with E-state index in [-0.39, 0.29) is 17.4 Å². The van der Waals surface area contributed by atoms with Crippen LogP contribution in [-0.4, -0.2) is 20.7 Å². The highest BCUT2D eigenvalue weighted by Gasteiger charge is 2.15. The molecule has 2 heterocycles. The lowest BCUT2D eigenvalue weighted by Gasteiger charge is -2.00.